The summed E-state index contributed by atoms with van der Waals surface area (Å²) in [5.41, 5.74) is 6.09. The standard InChI is InChI=1S/C13H22N2O3S/c1-4-6-8-7-10(16)15(13(8)18)11(12(14)17)9(5-2)19-3/h7,9,11,13,18H,4-6H2,1-3H3,(H2,14,17). The Hall–Kier alpha value is -1.01. The SMILES string of the molecule is CCCC1=CC(=O)N(C(C(N)=O)C(CC)SC)C1O. The van der Waals surface area contributed by atoms with Crippen molar-refractivity contribution in [2.24, 2.45) is 5.73 Å². The maximum Gasteiger partial charge on any atom is 0.249 e. The van der Waals surface area contributed by atoms with Gasteiger partial charge >= 0.3 is 0 Å². The minimum atomic E-state index is -1.02. The van der Waals surface area contributed by atoms with Gasteiger partial charge in [-0.3, -0.25) is 14.5 Å². The minimum Gasteiger partial charge on any atom is -0.369 e. The van der Waals surface area contributed by atoms with E-state index in [-0.39, 0.29) is 11.2 Å². The van der Waals surface area contributed by atoms with Gasteiger partial charge in [-0.2, -0.15) is 11.8 Å². The summed E-state index contributed by atoms with van der Waals surface area (Å²) < 4.78 is 0. The van der Waals surface area contributed by atoms with Crippen LogP contribution in [-0.2, 0) is 9.59 Å². The molecule has 0 aromatic carbocycles. The third kappa shape index (κ3) is 3.30. The normalized spacial score (nSPS) is 22.3. The first-order valence-electron chi connectivity index (χ1n) is 6.50. The Morgan fingerprint density at radius 2 is 2.21 bits per heavy atom. The Labute approximate surface area is 118 Å². The molecule has 1 rings (SSSR count). The molecule has 3 unspecified atom stereocenters. The first kappa shape index (κ1) is 16.0. The van der Waals surface area contributed by atoms with Crippen molar-refractivity contribution in [3.05, 3.63) is 11.6 Å². The second kappa shape index (κ2) is 6.96. The summed E-state index contributed by atoms with van der Waals surface area (Å²) in [4.78, 5) is 24.9. The summed E-state index contributed by atoms with van der Waals surface area (Å²) in [6.45, 7) is 3.91. The maximum atomic E-state index is 12.0. The van der Waals surface area contributed by atoms with E-state index in [4.69, 9.17) is 5.73 Å². The van der Waals surface area contributed by atoms with E-state index in [0.717, 1.165) is 6.42 Å². The number of nitrogens with two attached hydrogens (primary N) is 1. The number of carbonyl (C=O) groups excluding carboxylic acids is 2. The van der Waals surface area contributed by atoms with Gasteiger partial charge in [0.1, 0.15) is 6.04 Å². The lowest BCUT2D eigenvalue weighted by atomic mass is 10.1. The second-order valence-corrected chi connectivity index (χ2v) is 5.69. The van der Waals surface area contributed by atoms with E-state index in [1.54, 1.807) is 0 Å². The molecule has 0 radical (unpaired) electrons. The van der Waals surface area contributed by atoms with Gasteiger partial charge in [-0.1, -0.05) is 20.3 Å². The number of nitrogens with zero attached hydrogens (tertiary/aromatic N) is 1. The Balaban J connectivity index is 2.99. The van der Waals surface area contributed by atoms with E-state index in [1.807, 2.05) is 20.1 Å². The number of hydrogen-bond donors (Lipinski definition) is 2. The third-order valence-corrected chi connectivity index (χ3v) is 4.54. The largest absolute Gasteiger partial charge is 0.369 e. The highest BCUT2D eigenvalue weighted by molar-refractivity contribution is 7.99. The van der Waals surface area contributed by atoms with Crippen LogP contribution in [0.2, 0.25) is 0 Å². The number of aliphatic hydroxyl groups is 1. The summed E-state index contributed by atoms with van der Waals surface area (Å²) in [5, 5.41) is 10.1. The first-order chi connectivity index (χ1) is 8.97. The van der Waals surface area contributed by atoms with Crippen molar-refractivity contribution in [1.29, 1.82) is 0 Å². The van der Waals surface area contributed by atoms with E-state index in [0.29, 0.717) is 18.4 Å². The van der Waals surface area contributed by atoms with Gasteiger partial charge in [0.05, 0.1) is 0 Å². The molecule has 3 N–H and O–H groups in total. The van der Waals surface area contributed by atoms with Crippen LogP contribution in [0.15, 0.2) is 11.6 Å². The van der Waals surface area contributed by atoms with E-state index >= 15 is 0 Å². The molecule has 0 fully saturated rings. The number of amides is 2. The van der Waals surface area contributed by atoms with Gasteiger partial charge in [0.15, 0.2) is 6.23 Å². The van der Waals surface area contributed by atoms with E-state index < -0.39 is 18.2 Å². The molecule has 5 nitrogen and oxygen atoms in total. The van der Waals surface area contributed by atoms with Gasteiger partial charge in [0.25, 0.3) is 0 Å². The summed E-state index contributed by atoms with van der Waals surface area (Å²) in [6, 6.07) is -0.770. The number of primary amides is 1. The zero-order valence-electron chi connectivity index (χ0n) is 11.6. The monoisotopic (exact) mass is 286 g/mol. The Kier molecular flexibility index (Phi) is 5.87. The molecule has 1 aliphatic heterocycles. The Morgan fingerprint density at radius 3 is 2.63 bits per heavy atom. The molecule has 2 amide bonds. The van der Waals surface area contributed by atoms with Crippen LogP contribution in [-0.4, -0.2) is 45.6 Å². The van der Waals surface area contributed by atoms with Crippen LogP contribution in [0.25, 0.3) is 0 Å². The topological polar surface area (TPSA) is 83.6 Å². The predicted octanol–water partition coefficient (Wildman–Crippen LogP) is 0.869. The summed E-state index contributed by atoms with van der Waals surface area (Å²) >= 11 is 1.48. The second-order valence-electron chi connectivity index (χ2n) is 4.62. The lowest BCUT2D eigenvalue weighted by Gasteiger charge is -2.34. The quantitative estimate of drug-likeness (QED) is 0.727. The van der Waals surface area contributed by atoms with Crippen LogP contribution in [0, 0.1) is 0 Å². The van der Waals surface area contributed by atoms with E-state index in [1.165, 1.54) is 22.7 Å². The van der Waals surface area contributed by atoms with Crippen LogP contribution in [0.5, 0.6) is 0 Å². The van der Waals surface area contributed by atoms with Crippen LogP contribution >= 0.6 is 11.8 Å². The van der Waals surface area contributed by atoms with Crippen LogP contribution in [0.1, 0.15) is 33.1 Å². The molecular weight excluding hydrogens is 264 g/mol. The number of hydrogen-bond acceptors (Lipinski definition) is 4. The molecule has 0 aromatic rings. The van der Waals surface area contributed by atoms with Gasteiger partial charge in [-0.25, -0.2) is 0 Å². The van der Waals surface area contributed by atoms with Crippen molar-refractivity contribution in [1.82, 2.24) is 4.90 Å². The van der Waals surface area contributed by atoms with Crippen LogP contribution < -0.4 is 5.73 Å². The van der Waals surface area contributed by atoms with Crippen molar-refractivity contribution < 1.29 is 14.7 Å². The van der Waals surface area contributed by atoms with Crippen molar-refractivity contribution >= 4 is 23.6 Å². The number of thioether (sulfide) groups is 1. The smallest absolute Gasteiger partial charge is 0.249 e. The van der Waals surface area contributed by atoms with Gasteiger partial charge in [0, 0.05) is 11.3 Å². The number of aliphatic hydroxyl groups excluding tert-OH is 1. The van der Waals surface area contributed by atoms with Gasteiger partial charge < -0.3 is 10.8 Å². The van der Waals surface area contributed by atoms with Crippen LogP contribution in [0.4, 0.5) is 0 Å². The summed E-state index contributed by atoms with van der Waals surface area (Å²) in [7, 11) is 0. The van der Waals surface area contributed by atoms with E-state index in [2.05, 4.69) is 0 Å². The number of rotatable bonds is 7. The summed E-state index contributed by atoms with van der Waals surface area (Å²) in [5.74, 6) is -0.896. The Morgan fingerprint density at radius 1 is 1.58 bits per heavy atom. The fourth-order valence-corrected chi connectivity index (χ4v) is 3.26. The molecule has 3 atom stereocenters. The molecule has 1 aliphatic rings. The van der Waals surface area contributed by atoms with Crippen molar-refractivity contribution in [3.8, 4) is 0 Å². The molecule has 108 valence electrons. The molecule has 0 bridgehead atoms. The molecule has 0 saturated heterocycles. The maximum absolute atomic E-state index is 12.0. The average molecular weight is 286 g/mol. The molecule has 0 saturated carbocycles. The zero-order valence-corrected chi connectivity index (χ0v) is 12.4. The fraction of sp³-hybridized carbons (Fsp3) is 0.692. The lowest BCUT2D eigenvalue weighted by molar-refractivity contribution is -0.142. The average Bonchev–Trinajstić information content (AvgIpc) is 2.62. The molecule has 0 aliphatic carbocycles. The highest BCUT2D eigenvalue weighted by atomic mass is 32.2. The first-order valence-corrected chi connectivity index (χ1v) is 7.79. The molecule has 6 heteroatoms. The molecule has 1 heterocycles. The molecular formula is C13H22N2O3S. The van der Waals surface area contributed by atoms with Crippen LogP contribution in [0.3, 0.4) is 0 Å². The van der Waals surface area contributed by atoms with Crippen molar-refractivity contribution in [3.63, 3.8) is 0 Å². The third-order valence-electron chi connectivity index (χ3n) is 3.35. The predicted molar refractivity (Wildman–Crippen MR) is 76.4 cm³/mol. The highest BCUT2D eigenvalue weighted by Gasteiger charge is 2.41. The lowest BCUT2D eigenvalue weighted by Crippen LogP contribution is -2.54. The minimum absolute atomic E-state index is 0.106. The van der Waals surface area contributed by atoms with Gasteiger partial charge in [-0.05, 0) is 24.7 Å². The molecule has 19 heavy (non-hydrogen) atoms. The van der Waals surface area contributed by atoms with Gasteiger partial charge in [0.2, 0.25) is 11.8 Å². The van der Waals surface area contributed by atoms with Gasteiger partial charge in [-0.15, -0.1) is 0 Å². The highest BCUT2D eigenvalue weighted by Crippen LogP contribution is 2.29. The summed E-state index contributed by atoms with van der Waals surface area (Å²) in [6.07, 6.45) is 4.46. The van der Waals surface area contributed by atoms with Crippen molar-refractivity contribution in [2.75, 3.05) is 6.26 Å². The molecule has 0 spiro atoms. The van der Waals surface area contributed by atoms with Crippen molar-refractivity contribution in [2.45, 2.75) is 50.6 Å². The molecule has 0 aromatic heterocycles. The Bertz CT molecular complexity index is 380. The number of carbonyl (C=O) groups is 2. The fourth-order valence-electron chi connectivity index (χ4n) is 2.40. The zero-order chi connectivity index (χ0) is 14.6. The van der Waals surface area contributed by atoms with E-state index in [9.17, 15) is 14.7 Å².